The fraction of sp³-hybridized carbons (Fsp3) is 0.529. The molecule has 2 atom stereocenters. The fourth-order valence-electron chi connectivity index (χ4n) is 3.24. The standard InChI is InChI=1S/C17H22N2O4S/c1-2-3-6-15-18-13-8-7-11(10-12(13)17(21)19-15)16(20)14-5-4-9-24(14,22)23/h7-8,10,14,16,20H,2-6,9H2,1H3,(H,18,19,21). The van der Waals surface area contributed by atoms with Crippen LogP contribution in [-0.2, 0) is 16.3 Å². The third-order valence-corrected chi connectivity index (χ3v) is 6.89. The Balaban J connectivity index is 1.97. The van der Waals surface area contributed by atoms with Crippen LogP contribution >= 0.6 is 0 Å². The Bertz CT molecular complexity index is 904. The quantitative estimate of drug-likeness (QED) is 0.857. The second-order valence-corrected chi connectivity index (χ2v) is 8.72. The minimum atomic E-state index is -3.27. The number of rotatable bonds is 5. The highest BCUT2D eigenvalue weighted by atomic mass is 32.2. The topological polar surface area (TPSA) is 100 Å². The lowest BCUT2D eigenvalue weighted by Crippen LogP contribution is -2.24. The van der Waals surface area contributed by atoms with Crippen LogP contribution in [0.15, 0.2) is 23.0 Å². The number of aliphatic hydroxyl groups excluding tert-OH is 1. The molecule has 0 amide bonds. The van der Waals surface area contributed by atoms with Gasteiger partial charge in [0.25, 0.3) is 5.56 Å². The van der Waals surface area contributed by atoms with Crippen molar-refractivity contribution in [3.05, 3.63) is 39.9 Å². The molecule has 2 aromatic rings. The van der Waals surface area contributed by atoms with E-state index in [1.54, 1.807) is 18.2 Å². The second kappa shape index (κ2) is 6.64. The van der Waals surface area contributed by atoms with E-state index in [0.29, 0.717) is 41.6 Å². The van der Waals surface area contributed by atoms with Crippen molar-refractivity contribution in [1.29, 1.82) is 0 Å². The number of fused-ring (bicyclic) bond motifs is 1. The molecule has 1 aromatic carbocycles. The van der Waals surface area contributed by atoms with E-state index in [0.717, 1.165) is 12.8 Å². The van der Waals surface area contributed by atoms with Crippen LogP contribution in [0.25, 0.3) is 10.9 Å². The van der Waals surface area contributed by atoms with Crippen molar-refractivity contribution < 1.29 is 13.5 Å². The van der Waals surface area contributed by atoms with Gasteiger partial charge < -0.3 is 10.1 Å². The van der Waals surface area contributed by atoms with Crippen molar-refractivity contribution in [2.75, 3.05) is 5.75 Å². The Morgan fingerprint density at radius 2 is 2.21 bits per heavy atom. The maximum atomic E-state index is 12.3. The number of nitrogens with zero attached hydrogens (tertiary/aromatic N) is 1. The summed E-state index contributed by atoms with van der Waals surface area (Å²) in [5, 5.41) is 10.1. The lowest BCUT2D eigenvalue weighted by atomic mass is 10.0. The number of aliphatic hydroxyl groups is 1. The predicted octanol–water partition coefficient (Wildman–Crippen LogP) is 1.88. The number of H-pyrrole nitrogens is 1. The van der Waals surface area contributed by atoms with Gasteiger partial charge in [-0.2, -0.15) is 0 Å². The number of aromatic nitrogens is 2. The summed E-state index contributed by atoms with van der Waals surface area (Å²) < 4.78 is 24.0. The van der Waals surface area contributed by atoms with Crippen molar-refractivity contribution in [2.45, 2.75) is 50.4 Å². The molecule has 1 aliphatic rings. The summed E-state index contributed by atoms with van der Waals surface area (Å²) >= 11 is 0. The number of aromatic amines is 1. The molecule has 1 saturated heterocycles. The first-order chi connectivity index (χ1) is 11.4. The maximum absolute atomic E-state index is 12.3. The van der Waals surface area contributed by atoms with Crippen LogP contribution in [0.3, 0.4) is 0 Å². The van der Waals surface area contributed by atoms with Crippen LogP contribution < -0.4 is 5.56 Å². The minimum absolute atomic E-state index is 0.116. The van der Waals surface area contributed by atoms with Gasteiger partial charge in [-0.05, 0) is 37.0 Å². The number of aryl methyl sites for hydroxylation is 1. The van der Waals surface area contributed by atoms with Crippen LogP contribution in [0.4, 0.5) is 0 Å². The van der Waals surface area contributed by atoms with Gasteiger partial charge in [0.2, 0.25) is 0 Å². The zero-order chi connectivity index (χ0) is 17.3. The summed E-state index contributed by atoms with van der Waals surface area (Å²) in [7, 11) is -3.27. The molecule has 0 spiro atoms. The van der Waals surface area contributed by atoms with Gasteiger partial charge in [0, 0.05) is 6.42 Å². The molecule has 1 fully saturated rings. The van der Waals surface area contributed by atoms with E-state index < -0.39 is 21.2 Å². The maximum Gasteiger partial charge on any atom is 0.258 e. The van der Waals surface area contributed by atoms with Gasteiger partial charge in [-0.15, -0.1) is 0 Å². The lowest BCUT2D eigenvalue weighted by Gasteiger charge is -2.18. The zero-order valence-electron chi connectivity index (χ0n) is 13.7. The third-order valence-electron chi connectivity index (χ3n) is 4.62. The molecule has 2 heterocycles. The largest absolute Gasteiger partial charge is 0.387 e. The fourth-order valence-corrected chi connectivity index (χ4v) is 5.18. The average molecular weight is 350 g/mol. The molecule has 0 bridgehead atoms. The van der Waals surface area contributed by atoms with Gasteiger partial charge in [-0.1, -0.05) is 19.4 Å². The van der Waals surface area contributed by atoms with Gasteiger partial charge in [-0.25, -0.2) is 13.4 Å². The summed E-state index contributed by atoms with van der Waals surface area (Å²) in [6, 6.07) is 4.90. The van der Waals surface area contributed by atoms with E-state index in [1.165, 1.54) is 0 Å². The van der Waals surface area contributed by atoms with E-state index in [1.807, 2.05) is 0 Å². The van der Waals surface area contributed by atoms with Gasteiger partial charge >= 0.3 is 0 Å². The van der Waals surface area contributed by atoms with Crippen molar-refractivity contribution in [2.24, 2.45) is 0 Å². The predicted molar refractivity (Wildman–Crippen MR) is 92.7 cm³/mol. The lowest BCUT2D eigenvalue weighted by molar-refractivity contribution is 0.170. The molecule has 0 aliphatic carbocycles. The molecular weight excluding hydrogens is 328 g/mol. The van der Waals surface area contributed by atoms with E-state index >= 15 is 0 Å². The Kier molecular flexibility index (Phi) is 4.73. The Morgan fingerprint density at radius 1 is 1.42 bits per heavy atom. The molecule has 24 heavy (non-hydrogen) atoms. The van der Waals surface area contributed by atoms with Crippen LogP contribution in [0, 0.1) is 0 Å². The van der Waals surface area contributed by atoms with Gasteiger partial charge in [-0.3, -0.25) is 4.79 Å². The molecule has 130 valence electrons. The highest BCUT2D eigenvalue weighted by Crippen LogP contribution is 2.32. The average Bonchev–Trinajstić information content (AvgIpc) is 2.91. The number of benzene rings is 1. The van der Waals surface area contributed by atoms with Crippen molar-refractivity contribution >= 4 is 20.7 Å². The molecule has 0 saturated carbocycles. The minimum Gasteiger partial charge on any atom is -0.387 e. The van der Waals surface area contributed by atoms with Crippen LogP contribution in [-0.4, -0.2) is 34.5 Å². The van der Waals surface area contributed by atoms with Crippen molar-refractivity contribution in [3.8, 4) is 0 Å². The molecule has 7 heteroatoms. The van der Waals surface area contributed by atoms with E-state index in [9.17, 15) is 18.3 Å². The Labute approximate surface area is 140 Å². The summed E-state index contributed by atoms with van der Waals surface area (Å²) in [5.41, 5.74) is 0.760. The highest BCUT2D eigenvalue weighted by Gasteiger charge is 2.37. The Hall–Kier alpha value is -1.73. The molecule has 1 aliphatic heterocycles. The first kappa shape index (κ1) is 17.1. The van der Waals surface area contributed by atoms with Gasteiger partial charge in [0.15, 0.2) is 9.84 Å². The van der Waals surface area contributed by atoms with Crippen LogP contribution in [0.1, 0.15) is 50.1 Å². The second-order valence-electron chi connectivity index (χ2n) is 6.39. The summed E-state index contributed by atoms with van der Waals surface area (Å²) in [4.78, 5) is 19.5. The highest BCUT2D eigenvalue weighted by molar-refractivity contribution is 7.92. The molecule has 3 rings (SSSR count). The molecule has 6 nitrogen and oxygen atoms in total. The van der Waals surface area contributed by atoms with E-state index in [2.05, 4.69) is 16.9 Å². The molecular formula is C17H22N2O4S. The summed E-state index contributed by atoms with van der Waals surface area (Å²) in [6.45, 7) is 2.07. The van der Waals surface area contributed by atoms with Crippen molar-refractivity contribution in [3.63, 3.8) is 0 Å². The third kappa shape index (κ3) is 3.23. The smallest absolute Gasteiger partial charge is 0.258 e. The SMILES string of the molecule is CCCCc1nc2ccc(C(O)C3CCCS3(=O)=O)cc2c(=O)[nH]1. The first-order valence-corrected chi connectivity index (χ1v) is 10.1. The normalized spacial score (nSPS) is 21.2. The number of unbranched alkanes of at least 4 members (excludes halogenated alkanes) is 1. The molecule has 2 unspecified atom stereocenters. The van der Waals surface area contributed by atoms with Crippen molar-refractivity contribution in [1.82, 2.24) is 9.97 Å². The number of nitrogens with one attached hydrogen (secondary N) is 1. The molecule has 2 N–H and O–H groups in total. The number of hydrogen-bond donors (Lipinski definition) is 2. The Morgan fingerprint density at radius 3 is 2.88 bits per heavy atom. The molecule has 1 aromatic heterocycles. The summed E-state index contributed by atoms with van der Waals surface area (Å²) in [5.74, 6) is 0.770. The number of sulfone groups is 1. The monoisotopic (exact) mass is 350 g/mol. The van der Waals surface area contributed by atoms with Crippen LogP contribution in [0.2, 0.25) is 0 Å². The summed E-state index contributed by atoms with van der Waals surface area (Å²) in [6.07, 6.45) is 2.59. The van der Waals surface area contributed by atoms with E-state index in [4.69, 9.17) is 0 Å². The zero-order valence-corrected chi connectivity index (χ0v) is 14.5. The van der Waals surface area contributed by atoms with E-state index in [-0.39, 0.29) is 11.3 Å². The van der Waals surface area contributed by atoms with Crippen LogP contribution in [0.5, 0.6) is 0 Å². The number of hydrogen-bond acceptors (Lipinski definition) is 5. The van der Waals surface area contributed by atoms with Gasteiger partial charge in [0.05, 0.1) is 28.0 Å². The first-order valence-electron chi connectivity index (χ1n) is 8.35. The van der Waals surface area contributed by atoms with Gasteiger partial charge in [0.1, 0.15) is 5.82 Å². The molecule has 0 radical (unpaired) electrons.